The van der Waals surface area contributed by atoms with E-state index in [1.54, 1.807) is 16.8 Å². The third-order valence-corrected chi connectivity index (χ3v) is 5.34. The van der Waals surface area contributed by atoms with Crippen LogP contribution in [0.25, 0.3) is 16.7 Å². The number of benzene rings is 1. The number of nitrogens with zero attached hydrogens (tertiary/aromatic N) is 5. The van der Waals surface area contributed by atoms with E-state index in [0.29, 0.717) is 40.0 Å². The molecule has 1 aromatic carbocycles. The summed E-state index contributed by atoms with van der Waals surface area (Å²) in [6.07, 6.45) is 2.44. The first-order valence-electron chi connectivity index (χ1n) is 9.00. The summed E-state index contributed by atoms with van der Waals surface area (Å²) in [5.41, 5.74) is 1.51. The number of pyridine rings is 1. The molecule has 1 unspecified atom stereocenters. The largest absolute Gasteiger partial charge is 0.338 e. The number of aromatic nitrogens is 5. The molecule has 4 rings (SSSR count). The standard InChI is InChI=1S/C20H19N5O2S/c1-4-16-23-18(27-24-16)13(3)28-20-22-15-8-6-5-7-14(15)19(26)25(20)17-10-9-12(2)11-21-17/h5-11,13H,4H2,1-3H3. The van der Waals surface area contributed by atoms with E-state index in [1.165, 1.54) is 11.8 Å². The summed E-state index contributed by atoms with van der Waals surface area (Å²) in [6, 6.07) is 11.1. The molecular formula is C20H19N5O2S. The normalized spacial score (nSPS) is 12.4. The minimum absolute atomic E-state index is 0.156. The lowest BCUT2D eigenvalue weighted by Gasteiger charge is -2.14. The number of hydrogen-bond donors (Lipinski definition) is 0. The summed E-state index contributed by atoms with van der Waals surface area (Å²) in [7, 11) is 0. The SMILES string of the molecule is CCc1noc(C(C)Sc2nc3ccccc3c(=O)n2-c2ccc(C)cn2)n1. The lowest BCUT2D eigenvalue weighted by Crippen LogP contribution is -2.22. The van der Waals surface area contributed by atoms with Gasteiger partial charge in [0.2, 0.25) is 5.89 Å². The Labute approximate surface area is 165 Å². The monoisotopic (exact) mass is 393 g/mol. The number of thioether (sulfide) groups is 1. The molecule has 0 bridgehead atoms. The van der Waals surface area contributed by atoms with Crippen molar-refractivity contribution in [3.63, 3.8) is 0 Å². The molecule has 0 spiro atoms. The van der Waals surface area contributed by atoms with E-state index >= 15 is 0 Å². The summed E-state index contributed by atoms with van der Waals surface area (Å²) in [5.74, 6) is 1.70. The van der Waals surface area contributed by atoms with Gasteiger partial charge >= 0.3 is 0 Å². The fourth-order valence-corrected chi connectivity index (χ4v) is 3.72. The van der Waals surface area contributed by atoms with E-state index in [-0.39, 0.29) is 10.8 Å². The van der Waals surface area contributed by atoms with Crippen LogP contribution >= 0.6 is 11.8 Å². The molecular weight excluding hydrogens is 374 g/mol. The fourth-order valence-electron chi connectivity index (χ4n) is 2.77. The first-order chi connectivity index (χ1) is 13.6. The molecule has 0 aliphatic heterocycles. The molecule has 0 radical (unpaired) electrons. The van der Waals surface area contributed by atoms with Gasteiger partial charge < -0.3 is 4.52 Å². The molecule has 0 amide bonds. The smallest absolute Gasteiger partial charge is 0.267 e. The van der Waals surface area contributed by atoms with Crippen molar-refractivity contribution in [2.75, 3.05) is 0 Å². The van der Waals surface area contributed by atoms with Gasteiger partial charge in [-0.2, -0.15) is 4.98 Å². The molecule has 0 N–H and O–H groups in total. The highest BCUT2D eigenvalue weighted by Gasteiger charge is 2.21. The third-order valence-electron chi connectivity index (χ3n) is 4.30. The van der Waals surface area contributed by atoms with E-state index in [1.807, 2.05) is 51.1 Å². The molecule has 142 valence electrons. The van der Waals surface area contributed by atoms with Gasteiger partial charge in [-0.15, -0.1) is 0 Å². The van der Waals surface area contributed by atoms with Gasteiger partial charge in [0.25, 0.3) is 5.56 Å². The number of rotatable bonds is 5. The second-order valence-electron chi connectivity index (χ2n) is 6.41. The number of hydrogen-bond acceptors (Lipinski definition) is 7. The highest BCUT2D eigenvalue weighted by atomic mass is 32.2. The van der Waals surface area contributed by atoms with E-state index in [9.17, 15) is 4.79 Å². The molecule has 0 saturated carbocycles. The lowest BCUT2D eigenvalue weighted by atomic mass is 10.2. The molecule has 8 heteroatoms. The Morgan fingerprint density at radius 1 is 1.18 bits per heavy atom. The molecule has 0 aliphatic carbocycles. The molecule has 1 atom stereocenters. The average molecular weight is 393 g/mol. The van der Waals surface area contributed by atoms with Gasteiger partial charge in [-0.3, -0.25) is 4.79 Å². The van der Waals surface area contributed by atoms with Crippen molar-refractivity contribution in [1.82, 2.24) is 24.7 Å². The quantitative estimate of drug-likeness (QED) is 0.375. The van der Waals surface area contributed by atoms with Gasteiger partial charge in [-0.05, 0) is 37.6 Å². The summed E-state index contributed by atoms with van der Waals surface area (Å²) in [4.78, 5) is 26.8. The zero-order chi connectivity index (χ0) is 19.7. The van der Waals surface area contributed by atoms with E-state index < -0.39 is 0 Å². The molecule has 0 saturated heterocycles. The van der Waals surface area contributed by atoms with Crippen LogP contribution in [0.2, 0.25) is 0 Å². The van der Waals surface area contributed by atoms with Crippen molar-refractivity contribution < 1.29 is 4.52 Å². The number of para-hydroxylation sites is 1. The van der Waals surface area contributed by atoms with Crippen molar-refractivity contribution >= 4 is 22.7 Å². The topological polar surface area (TPSA) is 86.7 Å². The van der Waals surface area contributed by atoms with Gasteiger partial charge in [0.05, 0.1) is 16.2 Å². The summed E-state index contributed by atoms with van der Waals surface area (Å²) in [6.45, 7) is 5.88. The Bertz CT molecular complexity index is 1180. The van der Waals surface area contributed by atoms with Crippen molar-refractivity contribution in [1.29, 1.82) is 0 Å². The zero-order valence-electron chi connectivity index (χ0n) is 15.8. The maximum atomic E-state index is 13.2. The summed E-state index contributed by atoms with van der Waals surface area (Å²) in [5, 5.41) is 4.87. The molecule has 4 aromatic rings. The van der Waals surface area contributed by atoms with Crippen LogP contribution in [0.3, 0.4) is 0 Å². The van der Waals surface area contributed by atoms with E-state index in [0.717, 1.165) is 5.56 Å². The van der Waals surface area contributed by atoms with Gasteiger partial charge in [0.1, 0.15) is 5.82 Å². The van der Waals surface area contributed by atoms with Gasteiger partial charge in [0, 0.05) is 12.6 Å². The van der Waals surface area contributed by atoms with Crippen molar-refractivity contribution in [3.8, 4) is 5.82 Å². The molecule has 7 nitrogen and oxygen atoms in total. The molecule has 0 aliphatic rings. The van der Waals surface area contributed by atoms with E-state index in [2.05, 4.69) is 15.1 Å². The number of aryl methyl sites for hydroxylation is 2. The number of fused-ring (bicyclic) bond motifs is 1. The van der Waals surface area contributed by atoms with Crippen molar-refractivity contribution in [2.24, 2.45) is 0 Å². The highest BCUT2D eigenvalue weighted by Crippen LogP contribution is 2.33. The van der Waals surface area contributed by atoms with Crippen LogP contribution in [0.4, 0.5) is 0 Å². The Hall–Kier alpha value is -3.00. The Morgan fingerprint density at radius 2 is 2.00 bits per heavy atom. The van der Waals surface area contributed by atoms with E-state index in [4.69, 9.17) is 9.51 Å². The predicted molar refractivity (Wildman–Crippen MR) is 108 cm³/mol. The lowest BCUT2D eigenvalue weighted by molar-refractivity contribution is 0.375. The molecule has 0 fully saturated rings. The predicted octanol–water partition coefficient (Wildman–Crippen LogP) is 3.89. The van der Waals surface area contributed by atoms with Crippen LogP contribution in [-0.4, -0.2) is 24.7 Å². The van der Waals surface area contributed by atoms with Crippen LogP contribution < -0.4 is 5.56 Å². The second kappa shape index (κ2) is 7.55. The zero-order valence-corrected chi connectivity index (χ0v) is 16.6. The Balaban J connectivity index is 1.84. The van der Waals surface area contributed by atoms with Crippen LogP contribution in [0.5, 0.6) is 0 Å². The Kier molecular flexibility index (Phi) is 4.95. The molecule has 3 heterocycles. The van der Waals surface area contributed by atoms with Gasteiger partial charge in [0.15, 0.2) is 11.0 Å². The van der Waals surface area contributed by atoms with Crippen LogP contribution in [-0.2, 0) is 6.42 Å². The minimum Gasteiger partial charge on any atom is -0.338 e. The van der Waals surface area contributed by atoms with Crippen LogP contribution in [0, 0.1) is 6.92 Å². The highest BCUT2D eigenvalue weighted by molar-refractivity contribution is 7.99. The van der Waals surface area contributed by atoms with Crippen molar-refractivity contribution in [2.45, 2.75) is 37.6 Å². The van der Waals surface area contributed by atoms with Gasteiger partial charge in [-0.1, -0.05) is 42.0 Å². The minimum atomic E-state index is -0.169. The van der Waals surface area contributed by atoms with Gasteiger partial charge in [-0.25, -0.2) is 14.5 Å². The molecule has 3 aromatic heterocycles. The first kappa shape index (κ1) is 18.4. The van der Waals surface area contributed by atoms with Crippen LogP contribution in [0.1, 0.15) is 36.4 Å². The Morgan fingerprint density at radius 3 is 2.71 bits per heavy atom. The van der Waals surface area contributed by atoms with Crippen LogP contribution in [0.15, 0.2) is 57.1 Å². The van der Waals surface area contributed by atoms with Crippen molar-refractivity contribution in [3.05, 3.63) is 70.2 Å². The maximum Gasteiger partial charge on any atom is 0.267 e. The second-order valence-corrected chi connectivity index (χ2v) is 7.72. The third kappa shape index (κ3) is 3.43. The summed E-state index contributed by atoms with van der Waals surface area (Å²) >= 11 is 1.39. The fraction of sp³-hybridized carbons (Fsp3) is 0.250. The molecule has 28 heavy (non-hydrogen) atoms. The average Bonchev–Trinajstić information content (AvgIpc) is 3.19. The first-order valence-corrected chi connectivity index (χ1v) is 9.88. The summed E-state index contributed by atoms with van der Waals surface area (Å²) < 4.78 is 6.90. The maximum absolute atomic E-state index is 13.2.